The van der Waals surface area contributed by atoms with E-state index in [-0.39, 0.29) is 16.8 Å². The van der Waals surface area contributed by atoms with Gasteiger partial charge in [-0.25, -0.2) is 8.42 Å². The number of hydrogen-bond donors (Lipinski definition) is 1. The van der Waals surface area contributed by atoms with Gasteiger partial charge in [-0.1, -0.05) is 40.2 Å². The van der Waals surface area contributed by atoms with Gasteiger partial charge in [0.1, 0.15) is 6.04 Å². The lowest BCUT2D eigenvalue weighted by atomic mass is 10.1. The molecule has 2 aliphatic rings. The van der Waals surface area contributed by atoms with Crippen molar-refractivity contribution in [2.24, 2.45) is 0 Å². The molecule has 0 radical (unpaired) electrons. The van der Waals surface area contributed by atoms with Crippen LogP contribution in [0.4, 0.5) is 0 Å². The van der Waals surface area contributed by atoms with E-state index in [0.29, 0.717) is 19.4 Å². The predicted molar refractivity (Wildman–Crippen MR) is 107 cm³/mol. The molecule has 142 valence electrons. The summed E-state index contributed by atoms with van der Waals surface area (Å²) in [4.78, 5) is 13.2. The van der Waals surface area contributed by atoms with Gasteiger partial charge in [0, 0.05) is 11.0 Å². The lowest BCUT2D eigenvalue weighted by molar-refractivity contribution is -0.125. The number of sulfonamides is 1. The van der Waals surface area contributed by atoms with Crippen LogP contribution in [0.5, 0.6) is 0 Å². The molecule has 1 N–H and O–H groups in total. The molecule has 4 rings (SSSR count). The third-order valence-electron chi connectivity index (χ3n) is 5.36. The maximum Gasteiger partial charge on any atom is 0.243 e. The molecule has 2 aromatic rings. The van der Waals surface area contributed by atoms with E-state index in [1.807, 2.05) is 12.1 Å². The Kier molecular flexibility index (Phi) is 5.09. The van der Waals surface area contributed by atoms with Crippen molar-refractivity contribution in [1.29, 1.82) is 0 Å². The van der Waals surface area contributed by atoms with Crippen molar-refractivity contribution in [3.63, 3.8) is 0 Å². The van der Waals surface area contributed by atoms with E-state index in [4.69, 9.17) is 0 Å². The Morgan fingerprint density at radius 1 is 1.11 bits per heavy atom. The van der Waals surface area contributed by atoms with E-state index in [1.54, 1.807) is 30.3 Å². The largest absolute Gasteiger partial charge is 0.348 e. The third kappa shape index (κ3) is 3.56. The van der Waals surface area contributed by atoms with Crippen LogP contribution in [-0.4, -0.2) is 31.2 Å². The number of nitrogens with zero attached hydrogens (tertiary/aromatic N) is 1. The van der Waals surface area contributed by atoms with Crippen LogP contribution >= 0.6 is 15.9 Å². The average Bonchev–Trinajstić information content (AvgIpc) is 3.30. The Balaban J connectivity index is 1.53. The number of fused-ring (bicyclic) bond motifs is 1. The van der Waals surface area contributed by atoms with E-state index in [9.17, 15) is 13.2 Å². The van der Waals surface area contributed by atoms with Crippen LogP contribution in [0.1, 0.15) is 36.4 Å². The molecule has 1 heterocycles. The van der Waals surface area contributed by atoms with Crippen LogP contribution in [0.15, 0.2) is 57.9 Å². The summed E-state index contributed by atoms with van der Waals surface area (Å²) in [5.74, 6) is -0.201. The fraction of sp³-hybridized carbons (Fsp3) is 0.350. The Hall–Kier alpha value is -1.70. The van der Waals surface area contributed by atoms with Crippen molar-refractivity contribution in [2.75, 3.05) is 6.54 Å². The van der Waals surface area contributed by atoms with Gasteiger partial charge < -0.3 is 5.32 Å². The highest BCUT2D eigenvalue weighted by Gasteiger charge is 2.40. The number of halogens is 1. The molecule has 1 amide bonds. The molecule has 7 heteroatoms. The highest BCUT2D eigenvalue weighted by Crippen LogP contribution is 2.34. The first kappa shape index (κ1) is 18.7. The molecule has 2 aromatic carbocycles. The van der Waals surface area contributed by atoms with Gasteiger partial charge in [0.25, 0.3) is 0 Å². The van der Waals surface area contributed by atoms with E-state index >= 15 is 0 Å². The van der Waals surface area contributed by atoms with Gasteiger partial charge >= 0.3 is 0 Å². The van der Waals surface area contributed by atoms with Crippen molar-refractivity contribution in [1.82, 2.24) is 9.62 Å². The molecule has 1 aliphatic heterocycles. The number of nitrogens with one attached hydrogen (secondary N) is 1. The standard InChI is InChI=1S/C20H21BrN2O3S/c21-15-9-10-17-14(13-15)8-11-18(17)22-20(24)19-7-4-12-23(19)27(25,26)16-5-2-1-3-6-16/h1-3,5-6,9-10,13,18-19H,4,7-8,11-12H2,(H,22,24). The molecular weight excluding hydrogens is 428 g/mol. The molecule has 5 nitrogen and oxygen atoms in total. The van der Waals surface area contributed by atoms with Gasteiger partial charge in [-0.2, -0.15) is 4.31 Å². The molecule has 0 bridgehead atoms. The maximum absolute atomic E-state index is 13.0. The first-order chi connectivity index (χ1) is 13.0. The van der Waals surface area contributed by atoms with Crippen LogP contribution in [0.2, 0.25) is 0 Å². The second kappa shape index (κ2) is 7.37. The van der Waals surface area contributed by atoms with Crippen LogP contribution in [0.3, 0.4) is 0 Å². The number of rotatable bonds is 4. The molecule has 0 spiro atoms. The number of carbonyl (C=O) groups is 1. The summed E-state index contributed by atoms with van der Waals surface area (Å²) in [6.45, 7) is 0.378. The lowest BCUT2D eigenvalue weighted by Gasteiger charge is -2.25. The summed E-state index contributed by atoms with van der Waals surface area (Å²) >= 11 is 3.48. The van der Waals surface area contributed by atoms with E-state index in [0.717, 1.165) is 22.9 Å². The number of carbonyl (C=O) groups excluding carboxylic acids is 1. The SMILES string of the molecule is O=C(NC1CCc2cc(Br)ccc21)C1CCCN1S(=O)(=O)c1ccccc1. The smallest absolute Gasteiger partial charge is 0.243 e. The highest BCUT2D eigenvalue weighted by atomic mass is 79.9. The summed E-state index contributed by atoms with van der Waals surface area (Å²) in [5, 5.41) is 3.09. The van der Waals surface area contributed by atoms with Crippen molar-refractivity contribution in [3.05, 3.63) is 64.1 Å². The topological polar surface area (TPSA) is 66.5 Å². The number of hydrogen-bond acceptors (Lipinski definition) is 3. The molecule has 2 atom stereocenters. The fourth-order valence-corrected chi connectivity index (χ4v) is 6.11. The lowest BCUT2D eigenvalue weighted by Crippen LogP contribution is -2.46. The van der Waals surface area contributed by atoms with E-state index in [2.05, 4.69) is 27.3 Å². The Bertz CT molecular complexity index is 962. The number of aryl methyl sites for hydroxylation is 1. The molecule has 1 aliphatic carbocycles. The summed E-state index contributed by atoms with van der Waals surface area (Å²) in [7, 11) is -3.67. The monoisotopic (exact) mass is 448 g/mol. The van der Waals surface area contributed by atoms with Crippen molar-refractivity contribution >= 4 is 31.9 Å². The van der Waals surface area contributed by atoms with Gasteiger partial charge in [0.05, 0.1) is 10.9 Å². The summed E-state index contributed by atoms with van der Waals surface area (Å²) in [6.07, 6.45) is 3.00. The normalized spacial score (nSPS) is 22.6. The van der Waals surface area contributed by atoms with Crippen LogP contribution in [0.25, 0.3) is 0 Å². The Morgan fingerprint density at radius 3 is 2.67 bits per heavy atom. The molecule has 0 saturated carbocycles. The molecule has 2 unspecified atom stereocenters. The van der Waals surface area contributed by atoms with E-state index < -0.39 is 16.1 Å². The predicted octanol–water partition coefficient (Wildman–Crippen LogP) is 3.41. The first-order valence-electron chi connectivity index (χ1n) is 9.12. The molecule has 1 fully saturated rings. The zero-order chi connectivity index (χ0) is 19.0. The van der Waals surface area contributed by atoms with Crippen LogP contribution < -0.4 is 5.32 Å². The minimum absolute atomic E-state index is 0.0533. The zero-order valence-electron chi connectivity index (χ0n) is 14.8. The van der Waals surface area contributed by atoms with Gasteiger partial charge in [-0.3, -0.25) is 4.79 Å². The Labute approximate surface area is 167 Å². The minimum atomic E-state index is -3.67. The quantitative estimate of drug-likeness (QED) is 0.778. The Morgan fingerprint density at radius 2 is 1.89 bits per heavy atom. The van der Waals surface area contributed by atoms with Crippen molar-refractivity contribution in [3.8, 4) is 0 Å². The van der Waals surface area contributed by atoms with Gasteiger partial charge in [-0.15, -0.1) is 0 Å². The molecule has 1 saturated heterocycles. The third-order valence-corrected chi connectivity index (χ3v) is 7.77. The van der Waals surface area contributed by atoms with Gasteiger partial charge in [0.2, 0.25) is 15.9 Å². The van der Waals surface area contributed by atoms with Crippen LogP contribution in [-0.2, 0) is 21.2 Å². The summed E-state index contributed by atoms with van der Waals surface area (Å²) in [6, 6.07) is 13.7. The average molecular weight is 449 g/mol. The maximum atomic E-state index is 13.0. The number of amides is 1. The van der Waals surface area contributed by atoms with Crippen molar-refractivity contribution in [2.45, 2.75) is 42.7 Å². The zero-order valence-corrected chi connectivity index (χ0v) is 17.2. The van der Waals surface area contributed by atoms with Crippen LogP contribution in [0, 0.1) is 0 Å². The molecule has 27 heavy (non-hydrogen) atoms. The molecule has 0 aromatic heterocycles. The molecular formula is C20H21BrN2O3S. The van der Waals surface area contributed by atoms with Gasteiger partial charge in [-0.05, 0) is 61.1 Å². The first-order valence-corrected chi connectivity index (χ1v) is 11.4. The minimum Gasteiger partial charge on any atom is -0.348 e. The number of benzene rings is 2. The summed E-state index contributed by atoms with van der Waals surface area (Å²) in [5.41, 5.74) is 2.36. The highest BCUT2D eigenvalue weighted by molar-refractivity contribution is 9.10. The summed E-state index contributed by atoms with van der Waals surface area (Å²) < 4.78 is 28.3. The van der Waals surface area contributed by atoms with Gasteiger partial charge in [0.15, 0.2) is 0 Å². The second-order valence-electron chi connectivity index (χ2n) is 7.03. The second-order valence-corrected chi connectivity index (χ2v) is 9.84. The van der Waals surface area contributed by atoms with Crippen molar-refractivity contribution < 1.29 is 13.2 Å². The fourth-order valence-electron chi connectivity index (χ4n) is 4.02. The van der Waals surface area contributed by atoms with E-state index in [1.165, 1.54) is 9.87 Å².